The molecule has 0 unspecified atom stereocenters. The largest absolute Gasteiger partial charge is 0.417 e. The number of alkyl halides is 3. The number of aromatic nitrogens is 2. The SMILES string of the molecule is CC1(C)c2ccccc2-c2ccc(N(c3ccc(-c4ccc(-n5c6ccccc6c6cc(-c7ccc8c(c7)c7ccccc7n8-c7ccccc7)ccc65)cc4C(F)(F)F)cc3)c3ccc4c(c3)C(C)(C)c3ccccc3-4)cc21. The predicted molar refractivity (Wildman–Crippen MR) is 321 cm³/mol. The van der Waals surface area contributed by atoms with E-state index in [0.29, 0.717) is 11.3 Å². The maximum atomic E-state index is 15.7. The number of para-hydroxylation sites is 3. The summed E-state index contributed by atoms with van der Waals surface area (Å²) < 4.78 is 51.4. The number of rotatable bonds is 7. The summed E-state index contributed by atoms with van der Waals surface area (Å²) in [7, 11) is 0. The summed E-state index contributed by atoms with van der Waals surface area (Å²) in [4.78, 5) is 2.26. The molecule has 0 saturated heterocycles. The summed E-state index contributed by atoms with van der Waals surface area (Å²) in [6, 6.07) is 82.9. The Hall–Kier alpha value is -9.39. The Bertz CT molecular complexity index is 4540. The highest BCUT2D eigenvalue weighted by Gasteiger charge is 2.39. The topological polar surface area (TPSA) is 13.1 Å². The summed E-state index contributed by atoms with van der Waals surface area (Å²) in [5, 5.41) is 4.24. The zero-order valence-corrected chi connectivity index (χ0v) is 44.1. The van der Waals surface area contributed by atoms with Crippen LogP contribution in [0, 0.1) is 0 Å². The van der Waals surface area contributed by atoms with Gasteiger partial charge in [-0.05, 0) is 164 Å². The zero-order valence-electron chi connectivity index (χ0n) is 44.1. The Morgan fingerprint density at radius 2 is 0.734 bits per heavy atom. The van der Waals surface area contributed by atoms with Crippen molar-refractivity contribution < 1.29 is 13.2 Å². The molecule has 0 amide bonds. The van der Waals surface area contributed by atoms with Crippen molar-refractivity contribution in [2.45, 2.75) is 44.7 Å². The van der Waals surface area contributed by atoms with Gasteiger partial charge in [0.1, 0.15) is 0 Å². The van der Waals surface area contributed by atoms with E-state index < -0.39 is 11.7 Å². The molecule has 2 heterocycles. The van der Waals surface area contributed by atoms with Crippen molar-refractivity contribution in [3.05, 3.63) is 270 Å². The number of benzene rings is 11. The van der Waals surface area contributed by atoms with Gasteiger partial charge in [0.05, 0.1) is 27.6 Å². The van der Waals surface area contributed by atoms with Crippen molar-refractivity contribution in [3.8, 4) is 55.9 Å². The first-order valence-corrected chi connectivity index (χ1v) is 27.1. The van der Waals surface area contributed by atoms with Crippen molar-refractivity contribution in [1.82, 2.24) is 9.13 Å². The minimum absolute atomic E-state index is 0.121. The van der Waals surface area contributed by atoms with Gasteiger partial charge in [0.15, 0.2) is 0 Å². The average molecular weight is 1030 g/mol. The van der Waals surface area contributed by atoms with Gasteiger partial charge in [-0.2, -0.15) is 13.2 Å². The van der Waals surface area contributed by atoms with Crippen LogP contribution in [0.4, 0.5) is 30.2 Å². The van der Waals surface area contributed by atoms with Crippen molar-refractivity contribution >= 4 is 60.7 Å². The third kappa shape index (κ3) is 7.06. The fraction of sp³-hybridized carbons (Fsp3) is 0.0959. The second-order valence-corrected chi connectivity index (χ2v) is 22.4. The lowest BCUT2D eigenvalue weighted by Gasteiger charge is -2.30. The minimum atomic E-state index is -4.64. The quantitative estimate of drug-likeness (QED) is 0.155. The molecule has 13 aromatic rings. The molecule has 0 bridgehead atoms. The molecule has 0 fully saturated rings. The third-order valence-electron chi connectivity index (χ3n) is 17.3. The van der Waals surface area contributed by atoms with E-state index >= 15 is 13.2 Å². The highest BCUT2D eigenvalue weighted by Crippen LogP contribution is 2.54. The molecule has 380 valence electrons. The molecule has 0 saturated carbocycles. The smallest absolute Gasteiger partial charge is 0.310 e. The van der Waals surface area contributed by atoms with E-state index in [0.717, 1.165) is 72.1 Å². The van der Waals surface area contributed by atoms with E-state index in [1.807, 2.05) is 59.2 Å². The first-order chi connectivity index (χ1) is 38.3. The molecule has 0 radical (unpaired) electrons. The molecule has 2 aliphatic rings. The number of nitrogens with zero attached hydrogens (tertiary/aromatic N) is 3. The number of halogens is 3. The summed E-state index contributed by atoms with van der Waals surface area (Å²) in [5.74, 6) is 0. The summed E-state index contributed by atoms with van der Waals surface area (Å²) in [6.07, 6.45) is -4.64. The number of hydrogen-bond acceptors (Lipinski definition) is 1. The van der Waals surface area contributed by atoms with Crippen LogP contribution in [0.5, 0.6) is 0 Å². The van der Waals surface area contributed by atoms with Crippen molar-refractivity contribution in [2.24, 2.45) is 0 Å². The van der Waals surface area contributed by atoms with Crippen LogP contribution in [0.25, 0.3) is 99.5 Å². The van der Waals surface area contributed by atoms with Gasteiger partial charge in [-0.1, -0.05) is 173 Å². The molecule has 0 atom stereocenters. The molecule has 3 nitrogen and oxygen atoms in total. The first kappa shape index (κ1) is 46.9. The van der Waals surface area contributed by atoms with Crippen LogP contribution in [0.2, 0.25) is 0 Å². The fourth-order valence-corrected chi connectivity index (χ4v) is 13.5. The van der Waals surface area contributed by atoms with E-state index in [4.69, 9.17) is 0 Å². The normalized spacial score (nSPS) is 14.0. The molecule has 11 aromatic carbocycles. The maximum Gasteiger partial charge on any atom is 0.417 e. The van der Waals surface area contributed by atoms with E-state index in [2.05, 4.69) is 213 Å². The van der Waals surface area contributed by atoms with Gasteiger partial charge in [0.25, 0.3) is 0 Å². The Labute approximate surface area is 456 Å². The second-order valence-electron chi connectivity index (χ2n) is 22.4. The van der Waals surface area contributed by atoms with E-state index in [-0.39, 0.29) is 16.4 Å². The van der Waals surface area contributed by atoms with Crippen molar-refractivity contribution in [2.75, 3.05) is 4.90 Å². The van der Waals surface area contributed by atoms with Gasteiger partial charge in [-0.3, -0.25) is 0 Å². The van der Waals surface area contributed by atoms with Crippen molar-refractivity contribution in [3.63, 3.8) is 0 Å². The Kier molecular flexibility index (Phi) is 10.1. The van der Waals surface area contributed by atoms with Crippen LogP contribution in [-0.2, 0) is 17.0 Å². The van der Waals surface area contributed by atoms with E-state index in [9.17, 15) is 0 Å². The van der Waals surface area contributed by atoms with Crippen LogP contribution in [-0.4, -0.2) is 9.13 Å². The molecule has 2 aromatic heterocycles. The monoisotopic (exact) mass is 1030 g/mol. The van der Waals surface area contributed by atoms with Gasteiger partial charge in [-0.15, -0.1) is 0 Å². The standard InChI is InChI=1S/C73H52F3N3/c1-71(2)62-22-12-8-18-54(62)56-36-33-50(42-64(56)71)77(51-34-37-57-55-19-9-13-23-63(55)72(3,4)65(57)43-51)49-30-26-45(27-31-49)53-35-32-52(44-66(53)73(74,75)76)79-68-25-15-11-21-59(68)61-41-47(29-39-70(61)79)46-28-38-69-60(40-46)58-20-10-14-24-67(58)78(69)48-16-6-5-7-17-48/h5-44H,1-4H3. The summed E-state index contributed by atoms with van der Waals surface area (Å²) >= 11 is 0. The Morgan fingerprint density at radius 1 is 0.316 bits per heavy atom. The lowest BCUT2D eigenvalue weighted by molar-refractivity contribution is -0.137. The van der Waals surface area contributed by atoms with Crippen LogP contribution >= 0.6 is 0 Å². The van der Waals surface area contributed by atoms with E-state index in [1.165, 1.54) is 56.0 Å². The highest BCUT2D eigenvalue weighted by molar-refractivity contribution is 6.13. The van der Waals surface area contributed by atoms with Crippen LogP contribution in [0.15, 0.2) is 243 Å². The molecule has 2 aliphatic carbocycles. The molecule has 0 N–H and O–H groups in total. The van der Waals surface area contributed by atoms with Gasteiger partial charge in [0, 0.05) is 60.8 Å². The lowest BCUT2D eigenvalue weighted by Crippen LogP contribution is -2.18. The Balaban J connectivity index is 0.821. The number of hydrogen-bond donors (Lipinski definition) is 0. The van der Waals surface area contributed by atoms with Crippen LogP contribution in [0.1, 0.15) is 55.5 Å². The average Bonchev–Trinajstić information content (AvgIpc) is 4.29. The fourth-order valence-electron chi connectivity index (χ4n) is 13.5. The maximum absolute atomic E-state index is 15.7. The van der Waals surface area contributed by atoms with Gasteiger partial charge >= 0.3 is 6.18 Å². The van der Waals surface area contributed by atoms with Gasteiger partial charge in [0.2, 0.25) is 0 Å². The molecule has 6 heteroatoms. The van der Waals surface area contributed by atoms with Crippen LogP contribution < -0.4 is 4.90 Å². The Morgan fingerprint density at radius 3 is 1.27 bits per heavy atom. The molecular formula is C73H52F3N3. The lowest BCUT2D eigenvalue weighted by atomic mass is 9.82. The van der Waals surface area contributed by atoms with Crippen molar-refractivity contribution in [1.29, 1.82) is 0 Å². The molecule has 15 rings (SSSR count). The summed E-state index contributed by atoms with van der Waals surface area (Å²) in [5.41, 5.74) is 19.8. The molecule has 0 aliphatic heterocycles. The first-order valence-electron chi connectivity index (χ1n) is 27.1. The minimum Gasteiger partial charge on any atom is -0.310 e. The van der Waals surface area contributed by atoms with E-state index in [1.54, 1.807) is 6.07 Å². The van der Waals surface area contributed by atoms with Gasteiger partial charge in [-0.25, -0.2) is 0 Å². The van der Waals surface area contributed by atoms with Crippen LogP contribution in [0.3, 0.4) is 0 Å². The molecule has 79 heavy (non-hydrogen) atoms. The second kappa shape index (κ2) is 17.1. The number of anilines is 3. The highest BCUT2D eigenvalue weighted by atomic mass is 19.4. The number of fused-ring (bicyclic) bond motifs is 12. The predicted octanol–water partition coefficient (Wildman–Crippen LogP) is 20.3. The third-order valence-corrected chi connectivity index (χ3v) is 17.3. The summed E-state index contributed by atoms with van der Waals surface area (Å²) in [6.45, 7) is 9.13. The zero-order chi connectivity index (χ0) is 53.5. The molecular weight excluding hydrogens is 976 g/mol. The van der Waals surface area contributed by atoms with Gasteiger partial charge < -0.3 is 14.0 Å². The molecule has 0 spiro atoms.